The average Bonchev–Trinajstić information content (AvgIpc) is 3.34. The zero-order valence-corrected chi connectivity index (χ0v) is 21.9. The maximum atomic E-state index is 13.5. The summed E-state index contributed by atoms with van der Waals surface area (Å²) < 4.78 is 51.6. The third-order valence-corrected chi connectivity index (χ3v) is 6.78. The number of hydrogen-bond donors (Lipinski definition) is 2. The van der Waals surface area contributed by atoms with Gasteiger partial charge in [-0.1, -0.05) is 46.3 Å². The first kappa shape index (κ1) is 27.7. The van der Waals surface area contributed by atoms with E-state index in [1.165, 1.54) is 12.1 Å². The van der Waals surface area contributed by atoms with E-state index in [9.17, 15) is 18.0 Å². The second kappa shape index (κ2) is 12.0. The second-order valence-electron chi connectivity index (χ2n) is 8.84. The highest BCUT2D eigenvalue weighted by Crippen LogP contribution is 2.31. The number of nitrogens with zero attached hydrogens (tertiary/aromatic N) is 1. The first-order valence-electron chi connectivity index (χ1n) is 11.9. The predicted molar refractivity (Wildman–Crippen MR) is 140 cm³/mol. The summed E-state index contributed by atoms with van der Waals surface area (Å²) in [5.74, 6) is 0.455. The summed E-state index contributed by atoms with van der Waals surface area (Å²) in [7, 11) is 0. The molecule has 0 radical (unpaired) electrons. The molecule has 1 amide bonds. The largest absolute Gasteiger partial charge is 0.494 e. The van der Waals surface area contributed by atoms with Gasteiger partial charge in [0.2, 0.25) is 5.90 Å². The normalized spacial score (nSPS) is 17.0. The highest BCUT2D eigenvalue weighted by atomic mass is 79.9. The van der Waals surface area contributed by atoms with Gasteiger partial charge in [-0.15, -0.1) is 0 Å². The Morgan fingerprint density at radius 1 is 1.11 bits per heavy atom. The lowest BCUT2D eigenvalue weighted by atomic mass is 9.91. The molecule has 1 aliphatic rings. The lowest BCUT2D eigenvalue weighted by Crippen LogP contribution is -2.48. The number of rotatable bonds is 10. The number of amides is 1. The van der Waals surface area contributed by atoms with Crippen LogP contribution in [-0.4, -0.2) is 42.3 Å². The molecule has 1 atom stereocenters. The van der Waals surface area contributed by atoms with Crippen molar-refractivity contribution in [2.45, 2.75) is 31.1 Å². The molecule has 0 unspecified atom stereocenters. The van der Waals surface area contributed by atoms with Crippen molar-refractivity contribution in [3.05, 3.63) is 99.5 Å². The summed E-state index contributed by atoms with van der Waals surface area (Å²) in [6.45, 7) is 0.296. The van der Waals surface area contributed by atoms with Gasteiger partial charge in [-0.3, -0.25) is 4.79 Å². The molecule has 38 heavy (non-hydrogen) atoms. The zero-order chi connectivity index (χ0) is 27.2. The molecule has 10 heteroatoms. The van der Waals surface area contributed by atoms with Crippen molar-refractivity contribution in [3.63, 3.8) is 0 Å². The number of alkyl halides is 3. The van der Waals surface area contributed by atoms with Crippen molar-refractivity contribution in [2.24, 2.45) is 4.99 Å². The molecule has 3 aromatic carbocycles. The number of ether oxygens (including phenoxy) is 2. The molecule has 6 nitrogen and oxygen atoms in total. The van der Waals surface area contributed by atoms with Gasteiger partial charge >= 0.3 is 6.18 Å². The van der Waals surface area contributed by atoms with E-state index in [1.54, 1.807) is 24.3 Å². The molecular formula is C28H26BrF3N2O4. The molecule has 0 bridgehead atoms. The lowest BCUT2D eigenvalue weighted by molar-refractivity contribution is -0.137. The number of aliphatic hydroxyl groups excluding tert-OH is 1. The van der Waals surface area contributed by atoms with Crippen LogP contribution in [-0.2, 0) is 28.7 Å². The van der Waals surface area contributed by atoms with Crippen molar-refractivity contribution in [1.82, 2.24) is 5.32 Å². The van der Waals surface area contributed by atoms with Crippen LogP contribution in [0, 0.1) is 0 Å². The predicted octanol–water partition coefficient (Wildman–Crippen LogP) is 5.30. The van der Waals surface area contributed by atoms with Gasteiger partial charge in [-0.2, -0.15) is 13.2 Å². The fraction of sp³-hybridized carbons (Fsp3) is 0.286. The van der Waals surface area contributed by atoms with Crippen LogP contribution in [0.1, 0.15) is 28.7 Å². The third kappa shape index (κ3) is 6.73. The standard InChI is InChI=1S/C28H26BrF3N2O4/c29-24-8-2-1-6-21(24)16-27(26(36)33-17-19-5-3-7-22(15-19)28(30,31)32)18-38-25(34-27)20-9-11-23(12-10-20)37-14-4-13-35/h1-3,5-12,15,35H,4,13-14,16-18H2,(H,33,36)/t27-/m1/s1. The minimum atomic E-state index is -4.47. The summed E-state index contributed by atoms with van der Waals surface area (Å²) in [5, 5.41) is 11.7. The Bertz CT molecular complexity index is 1300. The fourth-order valence-corrected chi connectivity index (χ4v) is 4.42. The highest BCUT2D eigenvalue weighted by molar-refractivity contribution is 9.10. The van der Waals surface area contributed by atoms with Crippen LogP contribution >= 0.6 is 15.9 Å². The van der Waals surface area contributed by atoms with E-state index in [2.05, 4.69) is 21.2 Å². The molecule has 2 N–H and O–H groups in total. The van der Waals surface area contributed by atoms with E-state index in [1.807, 2.05) is 24.3 Å². The van der Waals surface area contributed by atoms with Gasteiger partial charge in [0.25, 0.3) is 5.91 Å². The van der Waals surface area contributed by atoms with Crippen molar-refractivity contribution in [2.75, 3.05) is 19.8 Å². The maximum absolute atomic E-state index is 13.5. The lowest BCUT2D eigenvalue weighted by Gasteiger charge is -2.24. The molecule has 0 saturated carbocycles. The molecule has 1 aliphatic heterocycles. The Labute approximate surface area is 226 Å². The van der Waals surface area contributed by atoms with Crippen LogP contribution in [0.5, 0.6) is 5.75 Å². The van der Waals surface area contributed by atoms with Gasteiger partial charge in [0.1, 0.15) is 12.4 Å². The quantitative estimate of drug-likeness (QED) is 0.314. The number of carbonyl (C=O) groups is 1. The van der Waals surface area contributed by atoms with Crippen molar-refractivity contribution < 1.29 is 32.5 Å². The number of hydrogen-bond acceptors (Lipinski definition) is 5. The Balaban J connectivity index is 1.57. The molecule has 0 saturated heterocycles. The number of aliphatic hydroxyl groups is 1. The summed E-state index contributed by atoms with van der Waals surface area (Å²) in [6.07, 6.45) is -3.74. The zero-order valence-electron chi connectivity index (χ0n) is 20.3. The van der Waals surface area contributed by atoms with Gasteiger partial charge in [0, 0.05) is 36.0 Å². The van der Waals surface area contributed by atoms with Crippen molar-refractivity contribution in [3.8, 4) is 5.75 Å². The van der Waals surface area contributed by atoms with Crippen LogP contribution in [0.25, 0.3) is 0 Å². The van der Waals surface area contributed by atoms with E-state index >= 15 is 0 Å². The Kier molecular flexibility index (Phi) is 8.73. The summed E-state index contributed by atoms with van der Waals surface area (Å²) in [4.78, 5) is 18.2. The smallest absolute Gasteiger partial charge is 0.416 e. The number of carbonyl (C=O) groups excluding carboxylic acids is 1. The van der Waals surface area contributed by atoms with Crippen molar-refractivity contribution in [1.29, 1.82) is 0 Å². The molecule has 4 rings (SSSR count). The second-order valence-corrected chi connectivity index (χ2v) is 9.69. The number of benzene rings is 3. The molecule has 0 aliphatic carbocycles. The Hall–Kier alpha value is -3.37. The average molecular weight is 591 g/mol. The summed E-state index contributed by atoms with van der Waals surface area (Å²) in [5.41, 5.74) is -0.288. The van der Waals surface area contributed by atoms with Gasteiger partial charge in [-0.25, -0.2) is 4.99 Å². The van der Waals surface area contributed by atoms with E-state index < -0.39 is 23.2 Å². The summed E-state index contributed by atoms with van der Waals surface area (Å²) in [6, 6.07) is 19.3. The van der Waals surface area contributed by atoms with Crippen LogP contribution in [0.15, 0.2) is 82.3 Å². The Morgan fingerprint density at radius 2 is 1.87 bits per heavy atom. The highest BCUT2D eigenvalue weighted by Gasteiger charge is 2.44. The molecule has 0 spiro atoms. The van der Waals surface area contributed by atoms with Crippen LogP contribution in [0.4, 0.5) is 13.2 Å². The molecular weight excluding hydrogens is 565 g/mol. The summed E-state index contributed by atoms with van der Waals surface area (Å²) >= 11 is 3.52. The van der Waals surface area contributed by atoms with Gasteiger partial charge in [-0.05, 0) is 53.6 Å². The number of aliphatic imine (C=N–C) groups is 1. The van der Waals surface area contributed by atoms with E-state index in [0.29, 0.717) is 29.9 Å². The molecule has 0 fully saturated rings. The monoisotopic (exact) mass is 590 g/mol. The molecule has 3 aromatic rings. The van der Waals surface area contributed by atoms with Gasteiger partial charge < -0.3 is 19.9 Å². The topological polar surface area (TPSA) is 80.2 Å². The number of halogens is 4. The van der Waals surface area contributed by atoms with E-state index in [0.717, 1.165) is 22.2 Å². The number of nitrogens with one attached hydrogen (secondary N) is 1. The first-order chi connectivity index (χ1) is 18.2. The molecule has 1 heterocycles. The molecule has 200 valence electrons. The van der Waals surface area contributed by atoms with E-state index in [-0.39, 0.29) is 32.1 Å². The first-order valence-corrected chi connectivity index (χ1v) is 12.7. The minimum Gasteiger partial charge on any atom is -0.494 e. The van der Waals surface area contributed by atoms with Gasteiger partial charge in [0.05, 0.1) is 12.2 Å². The van der Waals surface area contributed by atoms with Gasteiger partial charge in [0.15, 0.2) is 5.54 Å². The Morgan fingerprint density at radius 3 is 2.58 bits per heavy atom. The van der Waals surface area contributed by atoms with Crippen LogP contribution < -0.4 is 10.1 Å². The van der Waals surface area contributed by atoms with Crippen LogP contribution in [0.3, 0.4) is 0 Å². The fourth-order valence-electron chi connectivity index (χ4n) is 3.99. The third-order valence-electron chi connectivity index (χ3n) is 6.01. The van der Waals surface area contributed by atoms with Crippen LogP contribution in [0.2, 0.25) is 0 Å². The molecule has 0 aromatic heterocycles. The maximum Gasteiger partial charge on any atom is 0.416 e. The van der Waals surface area contributed by atoms with E-state index in [4.69, 9.17) is 19.6 Å². The minimum absolute atomic E-state index is 0.0349. The SMILES string of the molecule is O=C(NCc1cccc(C(F)(F)F)c1)[C@@]1(Cc2ccccc2Br)COC(c2ccc(OCCCO)cc2)=N1. The van der Waals surface area contributed by atoms with Crippen molar-refractivity contribution >= 4 is 27.7 Å².